The molecule has 0 saturated heterocycles. The molecule has 110 valence electrons. The first-order chi connectivity index (χ1) is 9.59. The van der Waals surface area contributed by atoms with Crippen molar-refractivity contribution in [2.75, 3.05) is 13.6 Å². The van der Waals surface area contributed by atoms with Gasteiger partial charge < -0.3 is 10.6 Å². The van der Waals surface area contributed by atoms with Crippen LogP contribution in [-0.2, 0) is 0 Å². The van der Waals surface area contributed by atoms with Gasteiger partial charge in [0, 0.05) is 18.5 Å². The molecule has 1 aromatic carbocycles. The standard InChI is InChI=1S/C17H26N2S/c1-13-8-6-7-11-16(13)19(2)12-15(17(18)20)14-9-4-3-5-10-14/h3-5,9-10,13,15-16H,6-8,11-12H2,1-2H3,(H2,18,20). The highest BCUT2D eigenvalue weighted by atomic mass is 32.1. The molecule has 20 heavy (non-hydrogen) atoms. The van der Waals surface area contributed by atoms with Crippen LogP contribution >= 0.6 is 12.2 Å². The lowest BCUT2D eigenvalue weighted by atomic mass is 9.84. The van der Waals surface area contributed by atoms with Gasteiger partial charge >= 0.3 is 0 Å². The van der Waals surface area contributed by atoms with Crippen molar-refractivity contribution in [3.63, 3.8) is 0 Å². The molecule has 1 saturated carbocycles. The quantitative estimate of drug-likeness (QED) is 0.841. The van der Waals surface area contributed by atoms with Crippen molar-refractivity contribution in [1.29, 1.82) is 0 Å². The van der Waals surface area contributed by atoms with Crippen LogP contribution in [0.1, 0.15) is 44.1 Å². The summed E-state index contributed by atoms with van der Waals surface area (Å²) in [5.41, 5.74) is 7.22. The van der Waals surface area contributed by atoms with E-state index in [1.54, 1.807) is 0 Å². The monoisotopic (exact) mass is 290 g/mol. The van der Waals surface area contributed by atoms with Crippen LogP contribution in [0.4, 0.5) is 0 Å². The third-order valence-electron chi connectivity index (χ3n) is 4.65. The van der Waals surface area contributed by atoms with E-state index in [9.17, 15) is 0 Å². The van der Waals surface area contributed by atoms with Crippen LogP contribution in [0.15, 0.2) is 30.3 Å². The topological polar surface area (TPSA) is 29.3 Å². The van der Waals surface area contributed by atoms with Crippen LogP contribution in [0.3, 0.4) is 0 Å². The molecule has 0 heterocycles. The fourth-order valence-corrected chi connectivity index (χ4v) is 3.63. The third-order valence-corrected chi connectivity index (χ3v) is 4.93. The molecule has 2 nitrogen and oxygen atoms in total. The number of thiocarbonyl (C=S) groups is 1. The summed E-state index contributed by atoms with van der Waals surface area (Å²) < 4.78 is 0. The molecule has 0 aromatic heterocycles. The summed E-state index contributed by atoms with van der Waals surface area (Å²) in [6, 6.07) is 11.1. The highest BCUT2D eigenvalue weighted by molar-refractivity contribution is 7.80. The van der Waals surface area contributed by atoms with Crippen LogP contribution < -0.4 is 5.73 Å². The molecule has 3 unspecified atom stereocenters. The molecule has 1 aromatic rings. The summed E-state index contributed by atoms with van der Waals surface area (Å²) in [7, 11) is 2.22. The number of benzene rings is 1. The number of hydrogen-bond acceptors (Lipinski definition) is 2. The molecule has 1 aliphatic rings. The maximum atomic E-state index is 5.99. The lowest BCUT2D eigenvalue weighted by molar-refractivity contribution is 0.138. The van der Waals surface area contributed by atoms with Crippen molar-refractivity contribution in [3.8, 4) is 0 Å². The van der Waals surface area contributed by atoms with Crippen molar-refractivity contribution in [1.82, 2.24) is 4.90 Å². The Kier molecular flexibility index (Phi) is 5.55. The zero-order valence-corrected chi connectivity index (χ0v) is 13.4. The average Bonchev–Trinajstić information content (AvgIpc) is 2.45. The van der Waals surface area contributed by atoms with E-state index in [4.69, 9.17) is 18.0 Å². The smallest absolute Gasteiger partial charge is 0.0816 e. The normalized spacial score (nSPS) is 24.6. The van der Waals surface area contributed by atoms with E-state index in [0.29, 0.717) is 11.0 Å². The SMILES string of the molecule is CC1CCCCC1N(C)CC(C(N)=S)c1ccccc1. The van der Waals surface area contributed by atoms with E-state index in [-0.39, 0.29) is 5.92 Å². The van der Waals surface area contributed by atoms with Crippen LogP contribution in [0, 0.1) is 5.92 Å². The molecule has 1 aliphatic carbocycles. The molecule has 0 bridgehead atoms. The summed E-state index contributed by atoms with van der Waals surface area (Å²) >= 11 is 5.30. The molecule has 0 radical (unpaired) electrons. The summed E-state index contributed by atoms with van der Waals surface area (Å²) in [5.74, 6) is 0.932. The molecule has 0 spiro atoms. The Labute approximate surface area is 128 Å². The summed E-state index contributed by atoms with van der Waals surface area (Å²) in [5, 5.41) is 0. The molecule has 0 aliphatic heterocycles. The number of likely N-dealkylation sites (N-methyl/N-ethyl adjacent to an activating group) is 1. The average molecular weight is 290 g/mol. The lowest BCUT2D eigenvalue weighted by Gasteiger charge is -2.38. The summed E-state index contributed by atoms with van der Waals surface area (Å²) in [4.78, 5) is 3.08. The third kappa shape index (κ3) is 3.80. The van der Waals surface area contributed by atoms with Gasteiger partial charge in [-0.2, -0.15) is 0 Å². The van der Waals surface area contributed by atoms with Crippen LogP contribution in [-0.4, -0.2) is 29.5 Å². The highest BCUT2D eigenvalue weighted by Crippen LogP contribution is 2.29. The zero-order valence-electron chi connectivity index (χ0n) is 12.6. The van der Waals surface area contributed by atoms with E-state index in [1.807, 2.05) is 6.07 Å². The molecular formula is C17H26N2S. The molecule has 0 amide bonds. The minimum absolute atomic E-state index is 0.158. The van der Waals surface area contributed by atoms with E-state index < -0.39 is 0 Å². The predicted octanol–water partition coefficient (Wildman–Crippen LogP) is 3.57. The van der Waals surface area contributed by atoms with Crippen molar-refractivity contribution in [3.05, 3.63) is 35.9 Å². The number of nitrogens with zero attached hydrogens (tertiary/aromatic N) is 1. The zero-order chi connectivity index (χ0) is 14.5. The van der Waals surface area contributed by atoms with Gasteiger partial charge in [0.1, 0.15) is 0 Å². The van der Waals surface area contributed by atoms with Crippen molar-refractivity contribution in [2.45, 2.75) is 44.6 Å². The number of hydrogen-bond donors (Lipinski definition) is 1. The summed E-state index contributed by atoms with van der Waals surface area (Å²) in [6.45, 7) is 3.30. The maximum absolute atomic E-state index is 5.99. The first-order valence-corrected chi connectivity index (χ1v) is 8.05. The van der Waals surface area contributed by atoms with Gasteiger partial charge in [0.25, 0.3) is 0 Å². The van der Waals surface area contributed by atoms with Gasteiger partial charge in [0.05, 0.1) is 4.99 Å². The largest absolute Gasteiger partial charge is 0.393 e. The molecular weight excluding hydrogens is 264 g/mol. The van der Waals surface area contributed by atoms with Gasteiger partial charge in [0.15, 0.2) is 0 Å². The van der Waals surface area contributed by atoms with Gasteiger partial charge in [-0.05, 0) is 31.4 Å². The molecule has 3 heteroatoms. The van der Waals surface area contributed by atoms with E-state index >= 15 is 0 Å². The maximum Gasteiger partial charge on any atom is 0.0816 e. The Morgan fingerprint density at radius 1 is 1.30 bits per heavy atom. The van der Waals surface area contributed by atoms with Crippen LogP contribution in [0.2, 0.25) is 0 Å². The summed E-state index contributed by atoms with van der Waals surface area (Å²) in [6.07, 6.45) is 5.37. The Hall–Kier alpha value is -0.930. The van der Waals surface area contributed by atoms with Crippen molar-refractivity contribution in [2.24, 2.45) is 11.7 Å². The fraction of sp³-hybridized carbons (Fsp3) is 0.588. The predicted molar refractivity (Wildman–Crippen MR) is 90.0 cm³/mol. The number of nitrogens with two attached hydrogens (primary N) is 1. The molecule has 2 rings (SSSR count). The van der Waals surface area contributed by atoms with Gasteiger partial charge in [0.2, 0.25) is 0 Å². The van der Waals surface area contributed by atoms with Gasteiger partial charge in [-0.25, -0.2) is 0 Å². The first kappa shape index (κ1) is 15.5. The van der Waals surface area contributed by atoms with Crippen LogP contribution in [0.25, 0.3) is 0 Å². The second-order valence-corrected chi connectivity index (χ2v) is 6.61. The second kappa shape index (κ2) is 7.19. The first-order valence-electron chi connectivity index (χ1n) is 7.64. The van der Waals surface area contributed by atoms with E-state index in [2.05, 4.69) is 43.1 Å². The van der Waals surface area contributed by atoms with E-state index in [0.717, 1.165) is 12.5 Å². The Balaban J connectivity index is 2.06. The van der Waals surface area contributed by atoms with E-state index in [1.165, 1.54) is 31.2 Å². The Morgan fingerprint density at radius 3 is 2.55 bits per heavy atom. The minimum atomic E-state index is 0.158. The fourth-order valence-electron chi connectivity index (χ4n) is 3.42. The molecule has 2 N–H and O–H groups in total. The molecule has 3 atom stereocenters. The Bertz CT molecular complexity index is 432. The molecule has 1 fully saturated rings. The van der Waals surface area contributed by atoms with Crippen molar-refractivity contribution < 1.29 is 0 Å². The van der Waals surface area contributed by atoms with Crippen molar-refractivity contribution >= 4 is 17.2 Å². The van der Waals surface area contributed by atoms with Gasteiger partial charge in [-0.3, -0.25) is 0 Å². The highest BCUT2D eigenvalue weighted by Gasteiger charge is 2.27. The van der Waals surface area contributed by atoms with Gasteiger partial charge in [-0.15, -0.1) is 0 Å². The van der Waals surface area contributed by atoms with Crippen LogP contribution in [0.5, 0.6) is 0 Å². The number of rotatable bonds is 5. The second-order valence-electron chi connectivity index (χ2n) is 6.13. The van der Waals surface area contributed by atoms with Gasteiger partial charge in [-0.1, -0.05) is 62.3 Å². The lowest BCUT2D eigenvalue weighted by Crippen LogP contribution is -2.42. The minimum Gasteiger partial charge on any atom is -0.393 e. The Morgan fingerprint density at radius 2 is 1.95 bits per heavy atom.